The Morgan fingerprint density at radius 1 is 1.10 bits per heavy atom. The second kappa shape index (κ2) is 10.3. The molecule has 0 atom stereocenters. The number of ether oxygens (including phenoxy) is 3. The molecule has 42 heavy (non-hydrogen) atoms. The Balaban J connectivity index is 1.08. The molecule has 2 saturated heterocycles. The fraction of sp³-hybridized carbons (Fsp3) is 0.414. The van der Waals surface area contributed by atoms with Crippen LogP contribution in [0.5, 0.6) is 5.75 Å². The van der Waals surface area contributed by atoms with Crippen molar-refractivity contribution < 1.29 is 33.2 Å². The van der Waals surface area contributed by atoms with E-state index in [0.717, 1.165) is 37.0 Å². The first-order chi connectivity index (χ1) is 20.3. The lowest BCUT2D eigenvalue weighted by molar-refractivity contribution is -0.250. The van der Waals surface area contributed by atoms with Gasteiger partial charge in [0.05, 0.1) is 36.0 Å². The SMILES string of the molecule is COc1ccc(-c2noc(C34CCC(OCc5c(-c6c(Cl)cncc6Cl)noc5C5CC5)(CC3)CO4)n2)cc1C(=O)O. The van der Waals surface area contributed by atoms with Gasteiger partial charge in [-0.3, -0.25) is 4.98 Å². The number of carbonyl (C=O) groups is 1. The third-order valence-corrected chi connectivity index (χ3v) is 9.04. The van der Waals surface area contributed by atoms with Crippen LogP contribution in [0.25, 0.3) is 22.6 Å². The van der Waals surface area contributed by atoms with E-state index in [2.05, 4.69) is 20.3 Å². The lowest BCUT2D eigenvalue weighted by Crippen LogP contribution is -2.54. The number of rotatable bonds is 9. The summed E-state index contributed by atoms with van der Waals surface area (Å²) in [7, 11) is 1.42. The summed E-state index contributed by atoms with van der Waals surface area (Å²) in [6.45, 7) is 0.636. The molecule has 2 saturated carbocycles. The molecule has 13 heteroatoms. The van der Waals surface area contributed by atoms with Gasteiger partial charge in [0.1, 0.15) is 28.4 Å². The topological polar surface area (TPSA) is 143 Å². The van der Waals surface area contributed by atoms with Crippen molar-refractivity contribution in [2.24, 2.45) is 0 Å². The summed E-state index contributed by atoms with van der Waals surface area (Å²) in [6, 6.07) is 4.74. The van der Waals surface area contributed by atoms with Crippen molar-refractivity contribution in [2.45, 2.75) is 62.3 Å². The van der Waals surface area contributed by atoms with Crippen LogP contribution in [0, 0.1) is 0 Å². The Kier molecular flexibility index (Phi) is 6.73. The second-order valence-electron chi connectivity index (χ2n) is 11.0. The first-order valence-electron chi connectivity index (χ1n) is 13.6. The smallest absolute Gasteiger partial charge is 0.339 e. The molecular formula is C29H26Cl2N4O7. The third kappa shape index (κ3) is 4.64. The minimum absolute atomic E-state index is 0.0160. The Hall–Kier alpha value is -3.51. The highest BCUT2D eigenvalue weighted by atomic mass is 35.5. The Morgan fingerprint density at radius 2 is 1.86 bits per heavy atom. The molecular weight excluding hydrogens is 587 g/mol. The molecule has 4 aromatic rings. The van der Waals surface area contributed by atoms with Crippen molar-refractivity contribution in [1.29, 1.82) is 0 Å². The van der Waals surface area contributed by atoms with E-state index >= 15 is 0 Å². The molecule has 4 fully saturated rings. The highest BCUT2D eigenvalue weighted by molar-refractivity contribution is 6.38. The number of hydrogen-bond donors (Lipinski definition) is 1. The van der Waals surface area contributed by atoms with Crippen molar-refractivity contribution in [3.05, 3.63) is 63.4 Å². The molecule has 4 aliphatic rings. The van der Waals surface area contributed by atoms with Gasteiger partial charge in [0.15, 0.2) is 0 Å². The van der Waals surface area contributed by atoms with Crippen LogP contribution in [0.4, 0.5) is 0 Å². The molecule has 2 bridgehead atoms. The van der Waals surface area contributed by atoms with Crippen LogP contribution in [0.1, 0.15) is 72.0 Å². The lowest BCUT2D eigenvalue weighted by Gasteiger charge is -2.50. The van der Waals surface area contributed by atoms with Crippen LogP contribution >= 0.6 is 23.2 Å². The van der Waals surface area contributed by atoms with Crippen molar-refractivity contribution >= 4 is 29.2 Å². The second-order valence-corrected chi connectivity index (χ2v) is 11.8. The number of benzene rings is 1. The number of nitrogens with zero attached hydrogens (tertiary/aromatic N) is 4. The standard InChI is InChI=1S/C29H26Cl2N4O7/c1-38-21-5-4-16(10-17(21)26(36)37)25-33-27(42-35-25)29-8-6-28(7-9-29,14-40-29)39-13-18-23(34-41-24(18)15-2-3-15)22-19(30)11-32-12-20(22)31/h4-5,10-12,15H,2-3,6-9,13-14H2,1H3,(H,36,37). The normalized spacial score (nSPS) is 23.3. The Labute approximate surface area is 250 Å². The molecule has 11 nitrogen and oxygen atoms in total. The first kappa shape index (κ1) is 27.3. The third-order valence-electron chi connectivity index (χ3n) is 8.46. The van der Waals surface area contributed by atoms with Gasteiger partial charge in [-0.25, -0.2) is 4.79 Å². The number of halogens is 2. The minimum atomic E-state index is -1.11. The predicted octanol–water partition coefficient (Wildman–Crippen LogP) is 6.43. The number of carboxylic acid groups (broad SMARTS) is 1. The van der Waals surface area contributed by atoms with Gasteiger partial charge in [0.2, 0.25) is 5.82 Å². The highest BCUT2D eigenvalue weighted by Crippen LogP contribution is 2.52. The molecule has 3 aromatic heterocycles. The van der Waals surface area contributed by atoms with Crippen molar-refractivity contribution in [1.82, 2.24) is 20.3 Å². The average Bonchev–Trinajstić information content (AvgIpc) is 3.56. The van der Waals surface area contributed by atoms with Crippen LogP contribution in [0.15, 0.2) is 39.6 Å². The van der Waals surface area contributed by atoms with Crippen molar-refractivity contribution in [3.63, 3.8) is 0 Å². The average molecular weight is 613 g/mol. The van der Waals surface area contributed by atoms with Crippen molar-refractivity contribution in [3.8, 4) is 28.4 Å². The summed E-state index contributed by atoms with van der Waals surface area (Å²) in [5, 5.41) is 18.8. The summed E-state index contributed by atoms with van der Waals surface area (Å²) in [5.74, 6) is 0.931. The van der Waals surface area contributed by atoms with Gasteiger partial charge >= 0.3 is 5.97 Å². The maximum Gasteiger partial charge on any atom is 0.339 e. The van der Waals surface area contributed by atoms with Crippen LogP contribution < -0.4 is 4.74 Å². The molecule has 5 heterocycles. The zero-order valence-corrected chi connectivity index (χ0v) is 24.1. The monoisotopic (exact) mass is 612 g/mol. The van der Waals surface area contributed by atoms with E-state index in [4.69, 9.17) is 46.5 Å². The van der Waals surface area contributed by atoms with Crippen LogP contribution in [-0.4, -0.2) is 50.7 Å². The number of carboxylic acids is 1. The van der Waals surface area contributed by atoms with E-state index in [1.165, 1.54) is 25.6 Å². The van der Waals surface area contributed by atoms with E-state index in [-0.39, 0.29) is 23.7 Å². The molecule has 0 amide bonds. The molecule has 0 unspecified atom stereocenters. The number of methoxy groups -OCH3 is 1. The summed E-state index contributed by atoms with van der Waals surface area (Å²) in [5.41, 5.74) is 1.33. The summed E-state index contributed by atoms with van der Waals surface area (Å²) >= 11 is 12.9. The lowest BCUT2D eigenvalue weighted by atomic mass is 9.73. The predicted molar refractivity (Wildman–Crippen MR) is 149 cm³/mol. The number of pyridine rings is 1. The summed E-state index contributed by atoms with van der Waals surface area (Å²) in [6.07, 6.45) is 7.87. The van der Waals surface area contributed by atoms with Gasteiger partial charge in [-0.15, -0.1) is 0 Å². The molecule has 1 aromatic carbocycles. The number of aromatic carboxylic acids is 1. The largest absolute Gasteiger partial charge is 0.496 e. The fourth-order valence-corrected chi connectivity index (χ4v) is 6.40. The maximum absolute atomic E-state index is 11.7. The number of aromatic nitrogens is 4. The van der Waals surface area contributed by atoms with E-state index < -0.39 is 17.2 Å². The fourth-order valence-electron chi connectivity index (χ4n) is 5.86. The molecule has 0 spiro atoms. The molecule has 218 valence electrons. The van der Waals surface area contributed by atoms with Gasteiger partial charge < -0.3 is 28.4 Å². The Bertz CT molecular complexity index is 1640. The van der Waals surface area contributed by atoms with Gasteiger partial charge in [0.25, 0.3) is 5.89 Å². The minimum Gasteiger partial charge on any atom is -0.496 e. The quantitative estimate of drug-likeness (QED) is 0.223. The molecule has 2 aliphatic carbocycles. The first-order valence-corrected chi connectivity index (χ1v) is 14.4. The van der Waals surface area contributed by atoms with E-state index in [9.17, 15) is 9.90 Å². The zero-order valence-electron chi connectivity index (χ0n) is 22.6. The Morgan fingerprint density at radius 3 is 2.50 bits per heavy atom. The maximum atomic E-state index is 11.7. The summed E-state index contributed by atoms with van der Waals surface area (Å²) < 4.78 is 29.6. The summed E-state index contributed by atoms with van der Waals surface area (Å²) in [4.78, 5) is 20.3. The molecule has 2 aliphatic heterocycles. The van der Waals surface area contributed by atoms with Gasteiger partial charge in [-0.2, -0.15) is 4.98 Å². The van der Waals surface area contributed by atoms with Gasteiger partial charge in [0, 0.05) is 35.0 Å². The van der Waals surface area contributed by atoms with Crippen LogP contribution in [0.3, 0.4) is 0 Å². The molecule has 0 radical (unpaired) electrons. The zero-order chi connectivity index (χ0) is 29.1. The van der Waals surface area contributed by atoms with E-state index in [0.29, 0.717) is 58.1 Å². The van der Waals surface area contributed by atoms with Crippen LogP contribution in [0.2, 0.25) is 10.0 Å². The van der Waals surface area contributed by atoms with Crippen LogP contribution in [-0.2, 0) is 21.7 Å². The molecule has 1 N–H and O–H groups in total. The van der Waals surface area contributed by atoms with Crippen molar-refractivity contribution in [2.75, 3.05) is 13.7 Å². The van der Waals surface area contributed by atoms with E-state index in [1.54, 1.807) is 12.1 Å². The highest BCUT2D eigenvalue weighted by Gasteiger charge is 2.54. The van der Waals surface area contributed by atoms with E-state index in [1.807, 2.05) is 0 Å². The molecule has 8 rings (SSSR count). The van der Waals surface area contributed by atoms with Gasteiger partial charge in [-0.05, 0) is 56.7 Å². The van der Waals surface area contributed by atoms with Gasteiger partial charge in [-0.1, -0.05) is 33.5 Å². The number of hydrogen-bond acceptors (Lipinski definition) is 10. The number of fused-ring (bicyclic) bond motifs is 3.